The van der Waals surface area contributed by atoms with Gasteiger partial charge in [-0.15, -0.1) is 0 Å². The highest BCUT2D eigenvalue weighted by molar-refractivity contribution is 6.23. The predicted molar refractivity (Wildman–Crippen MR) is 84.7 cm³/mol. The second-order valence-corrected chi connectivity index (χ2v) is 7.66. The largest absolute Gasteiger partial charge is 0.450 e. The van der Waals surface area contributed by atoms with Crippen LogP contribution in [0.1, 0.15) is 32.6 Å². The fourth-order valence-corrected chi connectivity index (χ4v) is 4.86. The van der Waals surface area contributed by atoms with E-state index in [0.717, 1.165) is 6.42 Å². The molecule has 1 heterocycles. The summed E-state index contributed by atoms with van der Waals surface area (Å²) in [7, 11) is 0. The van der Waals surface area contributed by atoms with Crippen molar-refractivity contribution in [2.75, 3.05) is 0 Å². The third-order valence-corrected chi connectivity index (χ3v) is 6.15. The van der Waals surface area contributed by atoms with Gasteiger partial charge in [-0.05, 0) is 43.4 Å². The molecule has 5 heteroatoms. The van der Waals surface area contributed by atoms with Crippen molar-refractivity contribution in [3.8, 4) is 0 Å². The van der Waals surface area contributed by atoms with Crippen LogP contribution < -0.4 is 0 Å². The zero-order valence-electron chi connectivity index (χ0n) is 13.7. The third kappa shape index (κ3) is 2.37. The van der Waals surface area contributed by atoms with E-state index < -0.39 is 18.2 Å². The number of Topliss-reactive ketones (excluding diaryl/α,β-unsaturated/α-hetero) is 2. The minimum atomic E-state index is -0.756. The van der Waals surface area contributed by atoms with Gasteiger partial charge in [-0.1, -0.05) is 25.2 Å². The summed E-state index contributed by atoms with van der Waals surface area (Å²) in [4.78, 5) is 36.9. The monoisotopic (exact) mass is 330 g/mol. The molecule has 0 spiro atoms. The number of aliphatic hydroxyl groups is 1. The molecular formula is C19H22O5. The van der Waals surface area contributed by atoms with E-state index in [4.69, 9.17) is 4.74 Å². The summed E-state index contributed by atoms with van der Waals surface area (Å²) in [5.41, 5.74) is 0.146. The van der Waals surface area contributed by atoms with Gasteiger partial charge in [0.25, 0.3) is 0 Å². The number of hydrogen-bond acceptors (Lipinski definition) is 5. The fraction of sp³-hybridized carbons (Fsp3) is 0.632. The molecule has 0 unspecified atom stereocenters. The number of carbonyl (C=O) groups is 3. The van der Waals surface area contributed by atoms with Crippen LogP contribution in [-0.4, -0.2) is 34.9 Å². The van der Waals surface area contributed by atoms with Gasteiger partial charge < -0.3 is 9.84 Å². The fourth-order valence-electron chi connectivity index (χ4n) is 4.86. The Kier molecular flexibility index (Phi) is 3.71. The number of aliphatic hydroxyl groups excluding tert-OH is 1. The average Bonchev–Trinajstić information content (AvgIpc) is 2.97. The molecule has 128 valence electrons. The molecule has 4 rings (SSSR count). The normalized spacial score (nSPS) is 46.8. The Balaban J connectivity index is 1.77. The molecule has 0 amide bonds. The molecule has 0 aromatic rings. The quantitative estimate of drug-likeness (QED) is 0.414. The molecule has 4 aliphatic rings. The van der Waals surface area contributed by atoms with Crippen LogP contribution in [-0.2, 0) is 19.1 Å². The first-order valence-electron chi connectivity index (χ1n) is 8.83. The zero-order valence-corrected chi connectivity index (χ0v) is 13.7. The van der Waals surface area contributed by atoms with E-state index >= 15 is 0 Å². The van der Waals surface area contributed by atoms with Crippen LogP contribution in [0.5, 0.6) is 0 Å². The lowest BCUT2D eigenvalue weighted by Gasteiger charge is -2.35. The van der Waals surface area contributed by atoms with E-state index in [0.29, 0.717) is 19.3 Å². The van der Waals surface area contributed by atoms with Gasteiger partial charge in [0.2, 0.25) is 5.78 Å². The van der Waals surface area contributed by atoms with Crippen LogP contribution in [0.15, 0.2) is 23.8 Å². The van der Waals surface area contributed by atoms with Crippen molar-refractivity contribution in [3.05, 3.63) is 23.8 Å². The summed E-state index contributed by atoms with van der Waals surface area (Å²) in [6.07, 6.45) is 6.61. The van der Waals surface area contributed by atoms with E-state index in [-0.39, 0.29) is 46.7 Å². The predicted octanol–water partition coefficient (Wildman–Crippen LogP) is 1.60. The number of rotatable bonds is 0. The number of carbonyl (C=O) groups excluding carboxylic acids is 3. The molecule has 0 aromatic heterocycles. The Morgan fingerprint density at radius 1 is 1.12 bits per heavy atom. The van der Waals surface area contributed by atoms with Crippen molar-refractivity contribution in [3.63, 3.8) is 0 Å². The summed E-state index contributed by atoms with van der Waals surface area (Å²) >= 11 is 0. The molecule has 3 aliphatic carbocycles. The lowest BCUT2D eigenvalue weighted by molar-refractivity contribution is -0.141. The van der Waals surface area contributed by atoms with Crippen LogP contribution in [0.3, 0.4) is 0 Å². The maximum absolute atomic E-state index is 12.5. The molecule has 1 saturated carbocycles. The van der Waals surface area contributed by atoms with Crippen molar-refractivity contribution >= 4 is 17.5 Å². The van der Waals surface area contributed by atoms with E-state index in [2.05, 4.69) is 0 Å². The Morgan fingerprint density at radius 2 is 1.92 bits per heavy atom. The van der Waals surface area contributed by atoms with Crippen molar-refractivity contribution < 1.29 is 24.2 Å². The van der Waals surface area contributed by atoms with E-state index in [1.807, 2.05) is 19.1 Å². The minimum absolute atomic E-state index is 0.00103. The summed E-state index contributed by atoms with van der Waals surface area (Å²) in [6.45, 7) is 1.94. The molecule has 1 aliphatic heterocycles. The Bertz CT molecular complexity index is 661. The van der Waals surface area contributed by atoms with E-state index in [9.17, 15) is 19.5 Å². The summed E-state index contributed by atoms with van der Waals surface area (Å²) in [6, 6.07) is 0. The summed E-state index contributed by atoms with van der Waals surface area (Å²) in [5.74, 6) is -0.649. The molecule has 2 fully saturated rings. The molecule has 0 radical (unpaired) electrons. The number of esters is 1. The highest BCUT2D eigenvalue weighted by Gasteiger charge is 2.48. The molecule has 24 heavy (non-hydrogen) atoms. The summed E-state index contributed by atoms with van der Waals surface area (Å²) in [5, 5.41) is 10.3. The molecule has 7 atom stereocenters. The lowest BCUT2D eigenvalue weighted by atomic mass is 9.69. The first-order chi connectivity index (χ1) is 11.5. The van der Waals surface area contributed by atoms with Crippen molar-refractivity contribution in [2.45, 2.75) is 44.8 Å². The molecule has 1 saturated heterocycles. The van der Waals surface area contributed by atoms with Gasteiger partial charge in [0.05, 0.1) is 6.10 Å². The first kappa shape index (κ1) is 15.8. The third-order valence-electron chi connectivity index (χ3n) is 6.15. The smallest absolute Gasteiger partial charge is 0.342 e. The van der Waals surface area contributed by atoms with Gasteiger partial charge in [-0.2, -0.15) is 0 Å². The Labute approximate surface area is 140 Å². The van der Waals surface area contributed by atoms with Crippen LogP contribution >= 0.6 is 0 Å². The maximum atomic E-state index is 12.5. The second kappa shape index (κ2) is 5.66. The standard InChI is InChI=1S/C19H22O5/c1-9-6-14-12(17(9)21)4-2-10-7-11(20)3-5-16-18(22)15(8-13(10)14)19(23)24-16/h2,4,8-14,16,20H,3,5-7H2,1H3/b15-8+/t9-,10-,11+,12+,13+,14+,16-/m1/s1. The Hall–Kier alpha value is -1.75. The number of hydrogen-bond donors (Lipinski definition) is 1. The maximum Gasteiger partial charge on any atom is 0.342 e. The SMILES string of the molecule is C[C@@H]1C[C@@H]2[C@H]3/C=C4/C(=O)O[C@H](CC[C@H](O)C[C@H]3C=C[C@@H]2C1=O)C4=O. The number of ether oxygens (including phenoxy) is 1. The van der Waals surface area contributed by atoms with E-state index in [1.54, 1.807) is 6.08 Å². The van der Waals surface area contributed by atoms with Crippen molar-refractivity contribution in [1.29, 1.82) is 0 Å². The Morgan fingerprint density at radius 3 is 2.71 bits per heavy atom. The van der Waals surface area contributed by atoms with Crippen molar-refractivity contribution in [1.82, 2.24) is 0 Å². The van der Waals surface area contributed by atoms with Crippen molar-refractivity contribution in [2.24, 2.45) is 29.6 Å². The van der Waals surface area contributed by atoms with Gasteiger partial charge in [-0.25, -0.2) is 4.79 Å². The van der Waals surface area contributed by atoms with Gasteiger partial charge in [0.15, 0.2) is 6.10 Å². The highest BCUT2D eigenvalue weighted by Crippen LogP contribution is 2.47. The number of ketones is 2. The summed E-state index contributed by atoms with van der Waals surface area (Å²) < 4.78 is 5.20. The number of allylic oxidation sites excluding steroid dienone is 3. The lowest BCUT2D eigenvalue weighted by Crippen LogP contribution is -2.33. The first-order valence-corrected chi connectivity index (χ1v) is 8.83. The molecule has 1 N–H and O–H groups in total. The van der Waals surface area contributed by atoms with Crippen LogP contribution in [0.25, 0.3) is 0 Å². The van der Waals surface area contributed by atoms with Crippen LogP contribution in [0, 0.1) is 29.6 Å². The van der Waals surface area contributed by atoms with Gasteiger partial charge in [0, 0.05) is 11.8 Å². The van der Waals surface area contributed by atoms with Crippen LogP contribution in [0.4, 0.5) is 0 Å². The number of fused-ring (bicyclic) bond motifs is 5. The minimum Gasteiger partial charge on any atom is -0.450 e. The van der Waals surface area contributed by atoms with Gasteiger partial charge in [0.1, 0.15) is 11.4 Å². The second-order valence-electron chi connectivity index (χ2n) is 7.66. The highest BCUT2D eigenvalue weighted by atomic mass is 16.6. The topological polar surface area (TPSA) is 80.7 Å². The average molecular weight is 330 g/mol. The zero-order chi connectivity index (χ0) is 17.0. The molecular weight excluding hydrogens is 308 g/mol. The molecule has 0 aromatic carbocycles. The van der Waals surface area contributed by atoms with Crippen LogP contribution in [0.2, 0.25) is 0 Å². The van der Waals surface area contributed by atoms with E-state index in [1.165, 1.54) is 0 Å². The molecule has 2 bridgehead atoms. The van der Waals surface area contributed by atoms with Gasteiger partial charge in [-0.3, -0.25) is 9.59 Å². The van der Waals surface area contributed by atoms with Gasteiger partial charge >= 0.3 is 5.97 Å². The molecule has 5 nitrogen and oxygen atoms in total.